The van der Waals surface area contributed by atoms with Gasteiger partial charge in [0.2, 0.25) is 0 Å². The molecule has 0 spiro atoms. The van der Waals surface area contributed by atoms with E-state index in [0.29, 0.717) is 5.41 Å². The molecule has 0 atom stereocenters. The molecular formula is C16H25NO. The highest BCUT2D eigenvalue weighted by Crippen LogP contribution is 2.46. The highest BCUT2D eigenvalue weighted by molar-refractivity contribution is 5.30. The van der Waals surface area contributed by atoms with Crippen LogP contribution in [-0.4, -0.2) is 36.8 Å². The number of aliphatic hydroxyl groups is 1. The summed E-state index contributed by atoms with van der Waals surface area (Å²) in [7, 11) is 2.09. The molecule has 1 saturated carbocycles. The van der Waals surface area contributed by atoms with E-state index in [-0.39, 0.29) is 6.61 Å². The second-order valence-corrected chi connectivity index (χ2v) is 5.78. The molecule has 0 radical (unpaired) electrons. The minimum atomic E-state index is 0.258. The van der Waals surface area contributed by atoms with Crippen LogP contribution in [0.1, 0.15) is 36.8 Å². The molecule has 1 fully saturated rings. The third-order valence-corrected chi connectivity index (χ3v) is 4.43. The maximum atomic E-state index is 8.94. The molecule has 0 aliphatic heterocycles. The summed E-state index contributed by atoms with van der Waals surface area (Å²) in [4.78, 5) is 2.23. The molecule has 1 aliphatic carbocycles. The minimum absolute atomic E-state index is 0.258. The van der Waals surface area contributed by atoms with Crippen molar-refractivity contribution < 1.29 is 5.11 Å². The second-order valence-electron chi connectivity index (χ2n) is 5.78. The number of hydrogen-bond donors (Lipinski definition) is 1. The Bertz CT molecular complexity index is 367. The van der Waals surface area contributed by atoms with Gasteiger partial charge in [-0.1, -0.05) is 36.2 Å². The average Bonchev–Trinajstić information content (AvgIpc) is 2.30. The third-order valence-electron chi connectivity index (χ3n) is 4.43. The predicted octanol–water partition coefficient (Wildman–Crippen LogP) is 2.73. The predicted molar refractivity (Wildman–Crippen MR) is 75.9 cm³/mol. The first-order valence-electron chi connectivity index (χ1n) is 7.03. The molecule has 100 valence electrons. The second kappa shape index (κ2) is 5.85. The van der Waals surface area contributed by atoms with Gasteiger partial charge in [-0.05, 0) is 50.8 Å². The summed E-state index contributed by atoms with van der Waals surface area (Å²) in [6.45, 7) is 4.26. The van der Waals surface area contributed by atoms with Crippen LogP contribution in [0.3, 0.4) is 0 Å². The molecule has 0 amide bonds. The Morgan fingerprint density at radius 3 is 2.33 bits per heavy atom. The van der Waals surface area contributed by atoms with Gasteiger partial charge in [-0.3, -0.25) is 0 Å². The molecule has 0 aromatic heterocycles. The third kappa shape index (κ3) is 2.93. The molecule has 2 heteroatoms. The van der Waals surface area contributed by atoms with E-state index in [1.54, 1.807) is 0 Å². The molecular weight excluding hydrogens is 222 g/mol. The van der Waals surface area contributed by atoms with Gasteiger partial charge in [-0.15, -0.1) is 0 Å². The van der Waals surface area contributed by atoms with Crippen molar-refractivity contribution in [3.63, 3.8) is 0 Å². The Morgan fingerprint density at radius 1 is 1.17 bits per heavy atom. The normalized spacial score (nSPS) is 17.8. The lowest BCUT2D eigenvalue weighted by molar-refractivity contribution is 0.171. The summed E-state index contributed by atoms with van der Waals surface area (Å²) < 4.78 is 0. The summed E-state index contributed by atoms with van der Waals surface area (Å²) in [5.74, 6) is 0. The fourth-order valence-corrected chi connectivity index (χ4v) is 2.88. The zero-order valence-corrected chi connectivity index (χ0v) is 11.7. The highest BCUT2D eigenvalue weighted by atomic mass is 16.3. The van der Waals surface area contributed by atoms with Crippen LogP contribution >= 0.6 is 0 Å². The average molecular weight is 247 g/mol. The van der Waals surface area contributed by atoms with Crippen molar-refractivity contribution >= 4 is 0 Å². The highest BCUT2D eigenvalue weighted by Gasteiger charge is 2.38. The van der Waals surface area contributed by atoms with Gasteiger partial charge in [0, 0.05) is 6.54 Å². The quantitative estimate of drug-likeness (QED) is 0.835. The van der Waals surface area contributed by atoms with Crippen LogP contribution < -0.4 is 0 Å². The molecule has 1 N–H and O–H groups in total. The lowest BCUT2D eigenvalue weighted by Crippen LogP contribution is -2.38. The molecule has 1 aliphatic rings. The number of aryl methyl sites for hydroxylation is 1. The smallest absolute Gasteiger partial charge is 0.0558 e. The van der Waals surface area contributed by atoms with Gasteiger partial charge >= 0.3 is 0 Å². The molecule has 0 saturated heterocycles. The monoisotopic (exact) mass is 247 g/mol. The van der Waals surface area contributed by atoms with Crippen LogP contribution in [0.15, 0.2) is 24.3 Å². The maximum absolute atomic E-state index is 8.94. The molecule has 18 heavy (non-hydrogen) atoms. The van der Waals surface area contributed by atoms with Gasteiger partial charge in [0.05, 0.1) is 6.61 Å². The summed E-state index contributed by atoms with van der Waals surface area (Å²) in [5, 5.41) is 8.94. The van der Waals surface area contributed by atoms with Crippen LogP contribution in [0.2, 0.25) is 0 Å². The Kier molecular flexibility index (Phi) is 4.41. The van der Waals surface area contributed by atoms with Gasteiger partial charge in [-0.25, -0.2) is 0 Å². The summed E-state index contributed by atoms with van der Waals surface area (Å²) in [6, 6.07) is 9.07. The lowest BCUT2D eigenvalue weighted by atomic mass is 9.62. The number of rotatable bonds is 6. The Labute approximate surface area is 111 Å². The van der Waals surface area contributed by atoms with Gasteiger partial charge in [0.1, 0.15) is 0 Å². The van der Waals surface area contributed by atoms with Crippen LogP contribution in [0.4, 0.5) is 0 Å². The van der Waals surface area contributed by atoms with Gasteiger partial charge in [-0.2, -0.15) is 0 Å². The SMILES string of the molecule is Cc1ccc(C2(CCN(C)CCO)CCC2)cc1. The summed E-state index contributed by atoms with van der Waals surface area (Å²) in [6.07, 6.45) is 5.22. The first kappa shape index (κ1) is 13.6. The van der Waals surface area contributed by atoms with Crippen LogP contribution in [0, 0.1) is 6.92 Å². The first-order valence-corrected chi connectivity index (χ1v) is 7.03. The van der Waals surface area contributed by atoms with Crippen molar-refractivity contribution in [2.45, 2.75) is 38.0 Å². The Hall–Kier alpha value is -0.860. The fraction of sp³-hybridized carbons (Fsp3) is 0.625. The topological polar surface area (TPSA) is 23.5 Å². The molecule has 1 aromatic carbocycles. The van der Waals surface area contributed by atoms with E-state index in [2.05, 4.69) is 43.1 Å². The van der Waals surface area contributed by atoms with Crippen molar-refractivity contribution in [1.82, 2.24) is 4.90 Å². The van der Waals surface area contributed by atoms with E-state index in [1.165, 1.54) is 36.8 Å². The van der Waals surface area contributed by atoms with Crippen molar-refractivity contribution in [3.8, 4) is 0 Å². The van der Waals surface area contributed by atoms with Gasteiger partial charge in [0.25, 0.3) is 0 Å². The van der Waals surface area contributed by atoms with E-state index in [0.717, 1.165) is 13.1 Å². The van der Waals surface area contributed by atoms with E-state index >= 15 is 0 Å². The zero-order valence-electron chi connectivity index (χ0n) is 11.7. The molecule has 2 rings (SSSR count). The van der Waals surface area contributed by atoms with Crippen molar-refractivity contribution in [2.75, 3.05) is 26.7 Å². The van der Waals surface area contributed by atoms with Crippen molar-refractivity contribution in [3.05, 3.63) is 35.4 Å². The van der Waals surface area contributed by atoms with E-state index in [9.17, 15) is 0 Å². The van der Waals surface area contributed by atoms with Crippen molar-refractivity contribution in [2.24, 2.45) is 0 Å². The number of likely N-dealkylation sites (N-methyl/N-ethyl adjacent to an activating group) is 1. The number of nitrogens with zero attached hydrogens (tertiary/aromatic N) is 1. The molecule has 1 aromatic rings. The largest absolute Gasteiger partial charge is 0.395 e. The van der Waals surface area contributed by atoms with Gasteiger partial charge < -0.3 is 10.0 Å². The summed E-state index contributed by atoms with van der Waals surface area (Å²) in [5.41, 5.74) is 3.26. The fourth-order valence-electron chi connectivity index (χ4n) is 2.88. The van der Waals surface area contributed by atoms with E-state index in [1.807, 2.05) is 0 Å². The molecule has 0 unspecified atom stereocenters. The molecule has 0 heterocycles. The number of aliphatic hydroxyl groups excluding tert-OH is 1. The molecule has 0 bridgehead atoms. The van der Waals surface area contributed by atoms with Gasteiger partial charge in [0.15, 0.2) is 0 Å². The van der Waals surface area contributed by atoms with E-state index in [4.69, 9.17) is 5.11 Å². The maximum Gasteiger partial charge on any atom is 0.0558 e. The van der Waals surface area contributed by atoms with Crippen molar-refractivity contribution in [1.29, 1.82) is 0 Å². The molecule has 2 nitrogen and oxygen atoms in total. The zero-order chi connectivity index (χ0) is 13.0. The Morgan fingerprint density at radius 2 is 1.83 bits per heavy atom. The van der Waals surface area contributed by atoms with Crippen LogP contribution in [0.5, 0.6) is 0 Å². The lowest BCUT2D eigenvalue weighted by Gasteiger charge is -2.43. The number of benzene rings is 1. The Balaban J connectivity index is 2.00. The first-order chi connectivity index (χ1) is 8.66. The number of hydrogen-bond acceptors (Lipinski definition) is 2. The minimum Gasteiger partial charge on any atom is -0.395 e. The standard InChI is InChI=1S/C16H25NO/c1-14-4-6-15(7-5-14)16(8-3-9-16)10-11-17(2)12-13-18/h4-7,18H,3,8-13H2,1-2H3. The van der Waals surface area contributed by atoms with Crippen LogP contribution in [0.25, 0.3) is 0 Å². The van der Waals surface area contributed by atoms with Crippen LogP contribution in [-0.2, 0) is 5.41 Å². The van der Waals surface area contributed by atoms with E-state index < -0.39 is 0 Å². The summed E-state index contributed by atoms with van der Waals surface area (Å²) >= 11 is 0.